The maximum Gasteiger partial charge on any atom is 0.233 e. The first kappa shape index (κ1) is 17.7. The average Bonchev–Trinajstić information content (AvgIpc) is 3.23. The first-order valence-corrected chi connectivity index (χ1v) is 12.1. The van der Waals surface area contributed by atoms with Gasteiger partial charge in [-0.05, 0) is 55.9 Å². The maximum atomic E-state index is 13.0. The largest absolute Gasteiger partial charge is 0.339 e. The van der Waals surface area contributed by atoms with Crippen molar-refractivity contribution in [1.82, 2.24) is 19.7 Å². The van der Waals surface area contributed by atoms with Crippen molar-refractivity contribution < 1.29 is 4.79 Å². The Hall–Kier alpha value is -1.34. The molecule has 2 aliphatic carbocycles. The lowest BCUT2D eigenvalue weighted by Gasteiger charge is -2.44. The fraction of sp³-hybridized carbons (Fsp3) is 0.650. The zero-order chi connectivity index (χ0) is 18.2. The molecule has 2 aromatic rings. The van der Waals surface area contributed by atoms with Gasteiger partial charge >= 0.3 is 0 Å². The van der Waals surface area contributed by atoms with Gasteiger partial charge in [0.2, 0.25) is 5.91 Å². The topological polar surface area (TPSA) is 51.0 Å². The summed E-state index contributed by atoms with van der Waals surface area (Å²) in [5.41, 5.74) is 0. The molecule has 144 valence electrons. The number of hydrogen-bond acceptors (Lipinski definition) is 5. The third-order valence-electron chi connectivity index (χ3n) is 6.21. The van der Waals surface area contributed by atoms with E-state index in [9.17, 15) is 4.79 Å². The van der Waals surface area contributed by atoms with Gasteiger partial charge in [0.25, 0.3) is 0 Å². The Bertz CT molecular complexity index is 797. The van der Waals surface area contributed by atoms with Crippen LogP contribution in [0.25, 0.3) is 10.7 Å². The van der Waals surface area contributed by atoms with E-state index in [4.69, 9.17) is 0 Å². The van der Waals surface area contributed by atoms with E-state index in [0.717, 1.165) is 28.3 Å². The van der Waals surface area contributed by atoms with Gasteiger partial charge in [-0.2, -0.15) is 0 Å². The van der Waals surface area contributed by atoms with Crippen molar-refractivity contribution >= 4 is 29.0 Å². The highest BCUT2D eigenvalue weighted by Crippen LogP contribution is 2.42. The second kappa shape index (κ2) is 7.59. The minimum absolute atomic E-state index is 0.291. The lowest BCUT2D eigenvalue weighted by molar-refractivity contribution is -0.134. The molecule has 5 nitrogen and oxygen atoms in total. The Morgan fingerprint density at radius 1 is 1.15 bits per heavy atom. The number of fused-ring (bicyclic) bond motifs is 1. The van der Waals surface area contributed by atoms with E-state index in [1.54, 1.807) is 23.1 Å². The number of amides is 1. The van der Waals surface area contributed by atoms with E-state index in [2.05, 4.69) is 37.2 Å². The van der Waals surface area contributed by atoms with Gasteiger partial charge < -0.3 is 4.90 Å². The predicted octanol–water partition coefficient (Wildman–Crippen LogP) is 4.61. The van der Waals surface area contributed by atoms with Crippen LogP contribution in [0.3, 0.4) is 0 Å². The highest BCUT2D eigenvalue weighted by Gasteiger charge is 2.36. The molecule has 2 saturated carbocycles. The van der Waals surface area contributed by atoms with E-state index >= 15 is 0 Å². The molecule has 2 atom stereocenters. The molecular formula is C20H26N4OS2. The number of carbonyl (C=O) groups is 1. The van der Waals surface area contributed by atoms with Gasteiger partial charge in [0.1, 0.15) is 0 Å². The fourth-order valence-electron chi connectivity index (χ4n) is 4.75. The van der Waals surface area contributed by atoms with Gasteiger partial charge in [0.15, 0.2) is 11.0 Å². The summed E-state index contributed by atoms with van der Waals surface area (Å²) in [6, 6.07) is 5.15. The Labute approximate surface area is 168 Å². The van der Waals surface area contributed by atoms with Crippen molar-refractivity contribution in [3.63, 3.8) is 0 Å². The van der Waals surface area contributed by atoms with Gasteiger partial charge in [-0.25, -0.2) is 0 Å². The van der Waals surface area contributed by atoms with Crippen molar-refractivity contribution in [2.75, 3.05) is 12.3 Å². The summed E-state index contributed by atoms with van der Waals surface area (Å²) < 4.78 is 2.27. The summed E-state index contributed by atoms with van der Waals surface area (Å²) in [6.07, 6.45) is 9.97. The van der Waals surface area contributed by atoms with E-state index in [1.165, 1.54) is 51.4 Å². The van der Waals surface area contributed by atoms with Gasteiger partial charge in [-0.1, -0.05) is 30.7 Å². The number of aromatic nitrogens is 3. The van der Waals surface area contributed by atoms with Crippen molar-refractivity contribution in [1.29, 1.82) is 0 Å². The highest BCUT2D eigenvalue weighted by atomic mass is 32.2. The predicted molar refractivity (Wildman–Crippen MR) is 109 cm³/mol. The van der Waals surface area contributed by atoms with Crippen LogP contribution in [0, 0.1) is 5.92 Å². The minimum Gasteiger partial charge on any atom is -0.339 e. The Morgan fingerprint density at radius 2 is 2.00 bits per heavy atom. The van der Waals surface area contributed by atoms with Crippen LogP contribution in [0.1, 0.15) is 57.4 Å². The maximum absolute atomic E-state index is 13.0. The number of nitrogens with zero attached hydrogens (tertiary/aromatic N) is 4. The van der Waals surface area contributed by atoms with Gasteiger partial charge in [-0.15, -0.1) is 21.5 Å². The standard InChI is InChI=1S/C20H26N4OS2/c25-18(23-11-3-6-14-5-1-2-7-16(14)23)13-27-20-22-21-19(17-8-4-12-26-17)24(20)15-9-10-15/h4,8,12,14-16H,1-3,5-7,9-11,13H2/t14-,16+/m1/s1. The number of carbonyl (C=O) groups excluding carboxylic acids is 1. The molecule has 0 aromatic carbocycles. The summed E-state index contributed by atoms with van der Waals surface area (Å²) in [4.78, 5) is 16.4. The Morgan fingerprint density at radius 3 is 2.81 bits per heavy atom. The minimum atomic E-state index is 0.291. The molecular weight excluding hydrogens is 376 g/mol. The first-order chi connectivity index (χ1) is 13.3. The van der Waals surface area contributed by atoms with E-state index in [0.29, 0.717) is 23.7 Å². The SMILES string of the molecule is O=C(CSc1nnc(-c2cccs2)n1C1CC1)N1CCC[C@H]2CCCC[C@@H]21. The first-order valence-electron chi connectivity index (χ1n) is 10.2. The van der Waals surface area contributed by atoms with Gasteiger partial charge in [0.05, 0.1) is 10.6 Å². The van der Waals surface area contributed by atoms with Crippen LogP contribution < -0.4 is 0 Å². The van der Waals surface area contributed by atoms with Crippen LogP contribution in [0.4, 0.5) is 0 Å². The molecule has 3 fully saturated rings. The molecule has 0 unspecified atom stereocenters. The van der Waals surface area contributed by atoms with E-state index < -0.39 is 0 Å². The van der Waals surface area contributed by atoms with Crippen molar-refractivity contribution in [2.24, 2.45) is 5.92 Å². The van der Waals surface area contributed by atoms with Crippen LogP contribution >= 0.6 is 23.1 Å². The molecule has 3 aliphatic rings. The number of rotatable bonds is 5. The highest BCUT2D eigenvalue weighted by molar-refractivity contribution is 7.99. The van der Waals surface area contributed by atoms with Crippen LogP contribution in [-0.4, -0.2) is 43.9 Å². The number of hydrogen-bond donors (Lipinski definition) is 0. The second-order valence-corrected chi connectivity index (χ2v) is 9.90. The van der Waals surface area contributed by atoms with E-state index in [-0.39, 0.29) is 0 Å². The zero-order valence-corrected chi connectivity index (χ0v) is 17.2. The molecule has 3 heterocycles. The molecule has 0 radical (unpaired) electrons. The second-order valence-electron chi connectivity index (χ2n) is 8.01. The normalized spacial score (nSPS) is 25.4. The van der Waals surface area contributed by atoms with Gasteiger partial charge in [0, 0.05) is 18.6 Å². The molecule has 5 rings (SSSR count). The van der Waals surface area contributed by atoms with Gasteiger partial charge in [-0.3, -0.25) is 9.36 Å². The summed E-state index contributed by atoms with van der Waals surface area (Å²) in [6.45, 7) is 0.941. The van der Waals surface area contributed by atoms with Crippen LogP contribution in [0.5, 0.6) is 0 Å². The summed E-state index contributed by atoms with van der Waals surface area (Å²) in [7, 11) is 0. The number of thioether (sulfide) groups is 1. The fourth-order valence-corrected chi connectivity index (χ4v) is 6.35. The molecule has 0 spiro atoms. The van der Waals surface area contributed by atoms with Crippen LogP contribution in [-0.2, 0) is 4.79 Å². The van der Waals surface area contributed by atoms with E-state index in [1.807, 2.05) is 0 Å². The zero-order valence-electron chi connectivity index (χ0n) is 15.5. The third-order valence-corrected chi connectivity index (χ3v) is 8.00. The van der Waals surface area contributed by atoms with Crippen molar-refractivity contribution in [3.8, 4) is 10.7 Å². The van der Waals surface area contributed by atoms with Crippen LogP contribution in [0.15, 0.2) is 22.7 Å². The van der Waals surface area contributed by atoms with Crippen molar-refractivity contribution in [2.45, 2.75) is 68.6 Å². The summed E-state index contributed by atoms with van der Waals surface area (Å²) in [5, 5.41) is 11.9. The Balaban J connectivity index is 1.29. The molecule has 0 N–H and O–H groups in total. The summed E-state index contributed by atoms with van der Waals surface area (Å²) >= 11 is 3.28. The number of piperidine rings is 1. The smallest absolute Gasteiger partial charge is 0.233 e. The molecule has 1 aliphatic heterocycles. The third kappa shape index (κ3) is 3.56. The quantitative estimate of drug-likeness (QED) is 0.685. The number of thiophene rings is 1. The monoisotopic (exact) mass is 402 g/mol. The average molecular weight is 403 g/mol. The lowest BCUT2D eigenvalue weighted by atomic mass is 9.78. The summed E-state index contributed by atoms with van der Waals surface area (Å²) in [5.74, 6) is 2.48. The lowest BCUT2D eigenvalue weighted by Crippen LogP contribution is -2.50. The molecule has 1 saturated heterocycles. The molecule has 1 amide bonds. The molecule has 7 heteroatoms. The molecule has 0 bridgehead atoms. The Kier molecular flexibility index (Phi) is 4.98. The molecule has 27 heavy (non-hydrogen) atoms. The van der Waals surface area contributed by atoms with Crippen molar-refractivity contribution in [3.05, 3.63) is 17.5 Å². The van der Waals surface area contributed by atoms with Crippen LogP contribution in [0.2, 0.25) is 0 Å². The number of likely N-dealkylation sites (tertiary alicyclic amines) is 1. The molecule has 2 aromatic heterocycles.